The summed E-state index contributed by atoms with van der Waals surface area (Å²) in [6, 6.07) is 10.3. The molecule has 3 heterocycles. The Balaban J connectivity index is 1.32. The second-order valence-corrected chi connectivity index (χ2v) is 7.83. The Bertz CT molecular complexity index is 756. The maximum atomic E-state index is 11.4. The van der Waals surface area contributed by atoms with Crippen molar-refractivity contribution in [1.82, 2.24) is 20.2 Å². The highest BCUT2D eigenvalue weighted by molar-refractivity contribution is 7.98. The molecular weight excluding hydrogens is 348 g/mol. The van der Waals surface area contributed by atoms with E-state index in [4.69, 9.17) is 4.74 Å². The fourth-order valence-corrected chi connectivity index (χ4v) is 4.28. The molecule has 6 nitrogen and oxygen atoms in total. The van der Waals surface area contributed by atoms with Gasteiger partial charge in [-0.25, -0.2) is 14.8 Å². The molecule has 2 aromatic rings. The number of hydrogen-bond acceptors (Lipinski definition) is 6. The molecule has 2 saturated heterocycles. The van der Waals surface area contributed by atoms with E-state index in [1.165, 1.54) is 5.56 Å². The third-order valence-corrected chi connectivity index (χ3v) is 5.73. The van der Waals surface area contributed by atoms with Crippen molar-refractivity contribution < 1.29 is 9.53 Å². The molecule has 0 radical (unpaired) electrons. The smallest absolute Gasteiger partial charge is 0.407 e. The molecule has 1 aromatic carbocycles. The summed E-state index contributed by atoms with van der Waals surface area (Å²) in [7, 11) is 0. The maximum absolute atomic E-state index is 11.4. The lowest BCUT2D eigenvalue weighted by atomic mass is 9.93. The number of ether oxygens (including phenoxy) is 1. The van der Waals surface area contributed by atoms with Crippen LogP contribution >= 0.6 is 11.8 Å². The number of rotatable bonds is 5. The quantitative estimate of drug-likeness (QED) is 0.645. The third kappa shape index (κ3) is 4.16. The fraction of sp³-hybridized carbons (Fsp3) is 0.421. The summed E-state index contributed by atoms with van der Waals surface area (Å²) in [5.74, 6) is 0.868. The molecular formula is C19H22N4O2S. The zero-order valence-corrected chi connectivity index (χ0v) is 15.4. The van der Waals surface area contributed by atoms with Gasteiger partial charge in [0.1, 0.15) is 5.60 Å². The summed E-state index contributed by atoms with van der Waals surface area (Å²) in [5, 5.41) is 3.58. The van der Waals surface area contributed by atoms with Crippen LogP contribution in [0.1, 0.15) is 24.0 Å². The normalized spacial score (nSPS) is 23.0. The number of aromatic nitrogens is 2. The number of thioether (sulfide) groups is 1. The zero-order chi connectivity index (χ0) is 17.8. The van der Waals surface area contributed by atoms with Crippen LogP contribution in [-0.4, -0.2) is 46.2 Å². The van der Waals surface area contributed by atoms with Crippen molar-refractivity contribution in [1.29, 1.82) is 0 Å². The molecule has 7 heteroatoms. The molecule has 0 aliphatic carbocycles. The first kappa shape index (κ1) is 17.3. The molecule has 2 fully saturated rings. The number of piperidine rings is 1. The molecule has 1 N–H and O–H groups in total. The van der Waals surface area contributed by atoms with E-state index >= 15 is 0 Å². The van der Waals surface area contributed by atoms with E-state index in [1.54, 1.807) is 11.8 Å². The zero-order valence-electron chi connectivity index (χ0n) is 14.6. The molecule has 4 rings (SSSR count). The van der Waals surface area contributed by atoms with Gasteiger partial charge in [-0.1, -0.05) is 42.1 Å². The summed E-state index contributed by atoms with van der Waals surface area (Å²) in [5.41, 5.74) is 1.99. The molecule has 136 valence electrons. The predicted molar refractivity (Wildman–Crippen MR) is 99.8 cm³/mol. The van der Waals surface area contributed by atoms with Crippen LogP contribution in [0, 0.1) is 0 Å². The summed E-state index contributed by atoms with van der Waals surface area (Å²) < 4.78 is 5.52. The van der Waals surface area contributed by atoms with E-state index in [2.05, 4.69) is 32.3 Å². The van der Waals surface area contributed by atoms with Gasteiger partial charge in [-0.3, -0.25) is 4.90 Å². The number of nitrogens with zero attached hydrogens (tertiary/aromatic N) is 3. The lowest BCUT2D eigenvalue weighted by Crippen LogP contribution is -2.50. The van der Waals surface area contributed by atoms with Crippen LogP contribution in [0.3, 0.4) is 0 Å². The Hall–Kier alpha value is -2.12. The summed E-state index contributed by atoms with van der Waals surface area (Å²) >= 11 is 1.64. The molecule has 1 aromatic heterocycles. The van der Waals surface area contributed by atoms with Gasteiger partial charge in [0.15, 0.2) is 5.16 Å². The van der Waals surface area contributed by atoms with Crippen molar-refractivity contribution in [3.8, 4) is 0 Å². The lowest BCUT2D eigenvalue weighted by Gasteiger charge is -2.38. The number of alkyl carbamates (subject to hydrolysis) is 1. The lowest BCUT2D eigenvalue weighted by molar-refractivity contribution is -0.0111. The van der Waals surface area contributed by atoms with Gasteiger partial charge >= 0.3 is 6.09 Å². The van der Waals surface area contributed by atoms with E-state index < -0.39 is 0 Å². The van der Waals surface area contributed by atoms with E-state index in [0.29, 0.717) is 6.54 Å². The van der Waals surface area contributed by atoms with Gasteiger partial charge in [-0.15, -0.1) is 0 Å². The standard InChI is InChI=1S/C19H22N4O2S/c24-18-22-13-19(25-18)7-4-8-23(14-19)11-16-9-20-17(21-10-16)26-12-15-5-2-1-3-6-15/h1-3,5-6,9-10H,4,7-8,11-14H2,(H,22,24)/t19-/m0/s1. The fourth-order valence-electron chi connectivity index (χ4n) is 3.53. The minimum absolute atomic E-state index is 0.296. The van der Waals surface area contributed by atoms with Gasteiger partial charge in [0.05, 0.1) is 6.54 Å². The Labute approximate surface area is 157 Å². The van der Waals surface area contributed by atoms with Crippen molar-refractivity contribution in [3.05, 3.63) is 53.9 Å². The average Bonchev–Trinajstić information content (AvgIpc) is 3.02. The average molecular weight is 370 g/mol. The number of nitrogens with one attached hydrogen (secondary N) is 1. The first-order valence-corrected chi connectivity index (χ1v) is 9.86. The van der Waals surface area contributed by atoms with E-state index in [-0.39, 0.29) is 11.7 Å². The predicted octanol–water partition coefficient (Wildman–Crippen LogP) is 2.84. The van der Waals surface area contributed by atoms with Gasteiger partial charge in [-0.05, 0) is 24.9 Å². The number of carbonyl (C=O) groups is 1. The molecule has 1 atom stereocenters. The van der Waals surface area contributed by atoms with Gasteiger partial charge in [0.2, 0.25) is 0 Å². The van der Waals surface area contributed by atoms with Crippen LogP contribution in [0.4, 0.5) is 4.79 Å². The van der Waals surface area contributed by atoms with Crippen molar-refractivity contribution in [3.63, 3.8) is 0 Å². The SMILES string of the molecule is O=C1NC[C@]2(CCCN(Cc3cnc(SCc4ccccc4)nc3)C2)O1. The number of likely N-dealkylation sites (tertiary alicyclic amines) is 1. The first-order valence-electron chi connectivity index (χ1n) is 8.88. The van der Waals surface area contributed by atoms with Crippen LogP contribution in [0.2, 0.25) is 0 Å². The third-order valence-electron chi connectivity index (χ3n) is 4.78. The Morgan fingerprint density at radius 1 is 1.19 bits per heavy atom. The van der Waals surface area contributed by atoms with Crippen molar-refractivity contribution in [2.24, 2.45) is 0 Å². The van der Waals surface area contributed by atoms with Crippen molar-refractivity contribution in [2.75, 3.05) is 19.6 Å². The summed E-state index contributed by atoms with van der Waals surface area (Å²) in [4.78, 5) is 22.7. The molecule has 0 unspecified atom stereocenters. The number of amides is 1. The van der Waals surface area contributed by atoms with Gasteiger partial charge in [0.25, 0.3) is 0 Å². The largest absolute Gasteiger partial charge is 0.440 e. The highest BCUT2D eigenvalue weighted by Crippen LogP contribution is 2.29. The number of carbonyl (C=O) groups excluding carboxylic acids is 1. The summed E-state index contributed by atoms with van der Waals surface area (Å²) in [6.07, 6.45) is 5.46. The Morgan fingerprint density at radius 2 is 2.00 bits per heavy atom. The Morgan fingerprint density at radius 3 is 2.73 bits per heavy atom. The van der Waals surface area contributed by atoms with Crippen LogP contribution in [-0.2, 0) is 17.0 Å². The highest BCUT2D eigenvalue weighted by atomic mass is 32.2. The number of hydrogen-bond donors (Lipinski definition) is 1. The Kier molecular flexibility index (Phi) is 5.08. The van der Waals surface area contributed by atoms with E-state index in [0.717, 1.165) is 48.9 Å². The van der Waals surface area contributed by atoms with Crippen LogP contribution in [0.25, 0.3) is 0 Å². The molecule has 1 spiro atoms. The molecule has 0 saturated carbocycles. The molecule has 26 heavy (non-hydrogen) atoms. The first-order chi connectivity index (χ1) is 12.7. The van der Waals surface area contributed by atoms with Gasteiger partial charge in [0, 0.05) is 36.8 Å². The van der Waals surface area contributed by atoms with Crippen molar-refractivity contribution >= 4 is 17.9 Å². The second-order valence-electron chi connectivity index (χ2n) is 6.89. The van der Waals surface area contributed by atoms with Crippen LogP contribution < -0.4 is 5.32 Å². The van der Waals surface area contributed by atoms with Gasteiger partial charge in [-0.2, -0.15) is 0 Å². The monoisotopic (exact) mass is 370 g/mol. The topological polar surface area (TPSA) is 67.4 Å². The minimum Gasteiger partial charge on any atom is -0.440 e. The second kappa shape index (κ2) is 7.63. The van der Waals surface area contributed by atoms with Gasteiger partial charge < -0.3 is 10.1 Å². The van der Waals surface area contributed by atoms with E-state index in [1.807, 2.05) is 30.6 Å². The van der Waals surface area contributed by atoms with E-state index in [9.17, 15) is 4.79 Å². The maximum Gasteiger partial charge on any atom is 0.407 e. The molecule has 2 aliphatic heterocycles. The number of benzene rings is 1. The molecule has 1 amide bonds. The van der Waals surface area contributed by atoms with Crippen LogP contribution in [0.5, 0.6) is 0 Å². The molecule has 2 aliphatic rings. The minimum atomic E-state index is -0.359. The van der Waals surface area contributed by atoms with Crippen LogP contribution in [0.15, 0.2) is 47.9 Å². The molecule has 0 bridgehead atoms. The summed E-state index contributed by atoms with van der Waals surface area (Å²) in [6.45, 7) is 3.15. The highest BCUT2D eigenvalue weighted by Gasteiger charge is 2.43. The van der Waals surface area contributed by atoms with Crippen molar-refractivity contribution in [2.45, 2.75) is 35.9 Å².